The van der Waals surface area contributed by atoms with Crippen molar-refractivity contribution in [3.63, 3.8) is 0 Å². The Hall–Kier alpha value is -2.57. The fourth-order valence-corrected chi connectivity index (χ4v) is 3.19. The summed E-state index contributed by atoms with van der Waals surface area (Å²) in [6.45, 7) is 4.51. The number of likely N-dealkylation sites (tertiary alicyclic amines) is 1. The number of nitrogens with zero attached hydrogens (tertiary/aromatic N) is 1. The van der Waals surface area contributed by atoms with Crippen molar-refractivity contribution < 1.29 is 19.1 Å². The maximum absolute atomic E-state index is 12.5. The van der Waals surface area contributed by atoms with Gasteiger partial charge >= 0.3 is 6.03 Å². The van der Waals surface area contributed by atoms with Crippen molar-refractivity contribution in [2.75, 3.05) is 13.1 Å². The molecule has 4 amide bonds. The lowest BCUT2D eigenvalue weighted by Gasteiger charge is -2.37. The number of urea groups is 1. The van der Waals surface area contributed by atoms with Gasteiger partial charge in [-0.15, -0.1) is 0 Å². The highest BCUT2D eigenvalue weighted by Crippen LogP contribution is 2.26. The molecule has 0 aliphatic carbocycles. The Balaban J connectivity index is 1.59. The first kappa shape index (κ1) is 16.3. The summed E-state index contributed by atoms with van der Waals surface area (Å²) in [7, 11) is 0. The second-order valence-electron chi connectivity index (χ2n) is 6.39. The molecule has 0 unspecified atom stereocenters. The molecule has 7 heteroatoms. The third kappa shape index (κ3) is 3.06. The average molecular weight is 331 g/mol. The van der Waals surface area contributed by atoms with Crippen LogP contribution in [-0.4, -0.2) is 47.5 Å². The Kier molecular flexibility index (Phi) is 4.17. The van der Waals surface area contributed by atoms with E-state index in [1.807, 2.05) is 31.2 Å². The van der Waals surface area contributed by atoms with Gasteiger partial charge in [0.05, 0.1) is 0 Å². The van der Waals surface area contributed by atoms with E-state index >= 15 is 0 Å². The molecule has 7 nitrogen and oxygen atoms in total. The molecule has 3 rings (SSSR count). The van der Waals surface area contributed by atoms with Crippen LogP contribution in [0.1, 0.15) is 25.3 Å². The zero-order chi connectivity index (χ0) is 17.3. The quantitative estimate of drug-likeness (QED) is 0.808. The molecule has 128 valence electrons. The largest absolute Gasteiger partial charge is 0.481 e. The number of amides is 4. The lowest BCUT2D eigenvalue weighted by atomic mass is 9.87. The molecule has 0 aromatic heterocycles. The topological polar surface area (TPSA) is 87.7 Å². The highest BCUT2D eigenvalue weighted by atomic mass is 16.5. The van der Waals surface area contributed by atoms with Gasteiger partial charge in [-0.2, -0.15) is 0 Å². The van der Waals surface area contributed by atoms with Gasteiger partial charge in [-0.05, 0) is 44.4 Å². The molecule has 1 aromatic carbocycles. The van der Waals surface area contributed by atoms with Crippen LogP contribution in [0.2, 0.25) is 0 Å². The third-order valence-electron chi connectivity index (χ3n) is 4.59. The minimum atomic E-state index is -0.867. The SMILES string of the molecule is Cc1cccc(O[C@H](C)C(=O)N2CCC3(CC2)NC(=O)NC3=O)c1. The summed E-state index contributed by atoms with van der Waals surface area (Å²) >= 11 is 0. The molecule has 2 heterocycles. The monoisotopic (exact) mass is 331 g/mol. The number of rotatable bonds is 3. The first-order valence-corrected chi connectivity index (χ1v) is 8.05. The van der Waals surface area contributed by atoms with Gasteiger partial charge in [0.2, 0.25) is 0 Å². The Morgan fingerprint density at radius 1 is 1.29 bits per heavy atom. The number of aryl methyl sites for hydroxylation is 1. The number of carbonyl (C=O) groups is 3. The van der Waals surface area contributed by atoms with Crippen molar-refractivity contribution in [3.05, 3.63) is 29.8 Å². The van der Waals surface area contributed by atoms with E-state index in [-0.39, 0.29) is 11.8 Å². The Morgan fingerprint density at radius 2 is 2.00 bits per heavy atom. The molecule has 2 aliphatic heterocycles. The zero-order valence-electron chi connectivity index (χ0n) is 13.8. The molecule has 1 spiro atoms. The van der Waals surface area contributed by atoms with E-state index in [1.54, 1.807) is 11.8 Å². The molecule has 0 radical (unpaired) electrons. The van der Waals surface area contributed by atoms with Crippen LogP contribution in [0.5, 0.6) is 5.75 Å². The molecule has 0 bridgehead atoms. The Morgan fingerprint density at radius 3 is 2.58 bits per heavy atom. The smallest absolute Gasteiger partial charge is 0.322 e. The molecule has 2 N–H and O–H groups in total. The number of nitrogens with one attached hydrogen (secondary N) is 2. The molecule has 2 fully saturated rings. The van der Waals surface area contributed by atoms with Crippen molar-refractivity contribution in [1.82, 2.24) is 15.5 Å². The van der Waals surface area contributed by atoms with Crippen LogP contribution in [0.3, 0.4) is 0 Å². The van der Waals surface area contributed by atoms with E-state index < -0.39 is 17.7 Å². The van der Waals surface area contributed by atoms with Crippen LogP contribution in [-0.2, 0) is 9.59 Å². The lowest BCUT2D eigenvalue weighted by Crippen LogP contribution is -2.57. The van der Waals surface area contributed by atoms with Gasteiger partial charge in [-0.1, -0.05) is 12.1 Å². The van der Waals surface area contributed by atoms with Gasteiger partial charge in [-0.25, -0.2) is 4.79 Å². The summed E-state index contributed by atoms with van der Waals surface area (Å²) in [5, 5.41) is 4.95. The number of hydrogen-bond donors (Lipinski definition) is 2. The van der Waals surface area contributed by atoms with Crippen molar-refractivity contribution in [2.24, 2.45) is 0 Å². The van der Waals surface area contributed by atoms with Gasteiger partial charge in [0.1, 0.15) is 11.3 Å². The minimum absolute atomic E-state index is 0.115. The van der Waals surface area contributed by atoms with Crippen LogP contribution in [0.25, 0.3) is 0 Å². The van der Waals surface area contributed by atoms with E-state index in [9.17, 15) is 14.4 Å². The maximum atomic E-state index is 12.5. The standard InChI is InChI=1S/C17H21N3O4/c1-11-4-3-5-13(10-11)24-12(2)14(21)20-8-6-17(7-9-20)15(22)18-16(23)19-17/h3-5,10,12H,6-9H2,1-2H3,(H2,18,19,22,23)/t12-/m1/s1. The molecular weight excluding hydrogens is 310 g/mol. The molecule has 0 saturated carbocycles. The van der Waals surface area contributed by atoms with E-state index in [4.69, 9.17) is 4.74 Å². The fourth-order valence-electron chi connectivity index (χ4n) is 3.19. The molecule has 24 heavy (non-hydrogen) atoms. The van der Waals surface area contributed by atoms with Gasteiger partial charge in [0, 0.05) is 13.1 Å². The maximum Gasteiger partial charge on any atom is 0.322 e. The third-order valence-corrected chi connectivity index (χ3v) is 4.59. The zero-order valence-corrected chi connectivity index (χ0v) is 13.8. The second kappa shape index (κ2) is 6.14. The predicted octanol–water partition coefficient (Wildman–Crippen LogP) is 0.963. The summed E-state index contributed by atoms with van der Waals surface area (Å²) < 4.78 is 5.73. The van der Waals surface area contributed by atoms with Crippen LogP contribution in [0, 0.1) is 6.92 Å². The first-order chi connectivity index (χ1) is 11.4. The van der Waals surface area contributed by atoms with Crippen LogP contribution >= 0.6 is 0 Å². The minimum Gasteiger partial charge on any atom is -0.481 e. The van der Waals surface area contributed by atoms with E-state index in [0.29, 0.717) is 31.7 Å². The molecule has 1 aromatic rings. The summed E-state index contributed by atoms with van der Waals surface area (Å²) in [4.78, 5) is 37.5. The van der Waals surface area contributed by atoms with Crippen molar-refractivity contribution in [1.29, 1.82) is 0 Å². The Labute approximate surface area is 140 Å². The highest BCUT2D eigenvalue weighted by Gasteiger charge is 2.48. The number of piperidine rings is 1. The number of benzene rings is 1. The van der Waals surface area contributed by atoms with Gasteiger partial charge in [0.15, 0.2) is 6.10 Å². The van der Waals surface area contributed by atoms with E-state index in [1.165, 1.54) is 0 Å². The summed E-state index contributed by atoms with van der Waals surface area (Å²) in [6.07, 6.45) is 0.217. The average Bonchev–Trinajstić information content (AvgIpc) is 2.81. The number of hydrogen-bond acceptors (Lipinski definition) is 4. The molecular formula is C17H21N3O4. The molecule has 2 aliphatic rings. The van der Waals surface area contributed by atoms with Crippen LogP contribution in [0.15, 0.2) is 24.3 Å². The van der Waals surface area contributed by atoms with E-state index in [0.717, 1.165) is 5.56 Å². The van der Waals surface area contributed by atoms with Crippen LogP contribution < -0.4 is 15.4 Å². The van der Waals surface area contributed by atoms with E-state index in [2.05, 4.69) is 10.6 Å². The summed E-state index contributed by atoms with van der Waals surface area (Å²) in [5.74, 6) is 0.242. The lowest BCUT2D eigenvalue weighted by molar-refractivity contribution is -0.141. The van der Waals surface area contributed by atoms with Crippen molar-refractivity contribution in [3.8, 4) is 5.75 Å². The molecule has 2 saturated heterocycles. The fraction of sp³-hybridized carbons (Fsp3) is 0.471. The number of ether oxygens (including phenoxy) is 1. The van der Waals surface area contributed by atoms with Gasteiger partial charge in [-0.3, -0.25) is 14.9 Å². The Bertz CT molecular complexity index is 680. The predicted molar refractivity (Wildman–Crippen MR) is 86.5 cm³/mol. The summed E-state index contributed by atoms with van der Waals surface area (Å²) in [5.41, 5.74) is 0.198. The highest BCUT2D eigenvalue weighted by molar-refractivity contribution is 6.07. The van der Waals surface area contributed by atoms with Gasteiger partial charge < -0.3 is 15.0 Å². The van der Waals surface area contributed by atoms with Crippen LogP contribution in [0.4, 0.5) is 4.79 Å². The van der Waals surface area contributed by atoms with Gasteiger partial charge in [0.25, 0.3) is 11.8 Å². The van der Waals surface area contributed by atoms with Crippen molar-refractivity contribution in [2.45, 2.75) is 38.3 Å². The molecule has 1 atom stereocenters. The second-order valence-corrected chi connectivity index (χ2v) is 6.39. The first-order valence-electron chi connectivity index (χ1n) is 8.05. The number of imide groups is 1. The number of carbonyl (C=O) groups excluding carboxylic acids is 3. The summed E-state index contributed by atoms with van der Waals surface area (Å²) in [6, 6.07) is 7.09. The normalized spacial score (nSPS) is 20.5. The van der Waals surface area contributed by atoms with Crippen molar-refractivity contribution >= 4 is 17.8 Å².